The van der Waals surface area contributed by atoms with Gasteiger partial charge in [-0.1, -0.05) is 0 Å². The minimum atomic E-state index is -0.0372. The second kappa shape index (κ2) is 7.37. The smallest absolute Gasteiger partial charge is 1.00 e. The first-order valence-electron chi connectivity index (χ1n) is 7.59. The molecule has 22 heavy (non-hydrogen) atoms. The second-order valence-corrected chi connectivity index (χ2v) is 11.5. The molecule has 4 heteroatoms. The first kappa shape index (κ1) is 18.5. The van der Waals surface area contributed by atoms with Crippen molar-refractivity contribution in [2.75, 3.05) is 6.16 Å². The van der Waals surface area contributed by atoms with E-state index in [0.717, 1.165) is 0 Å². The maximum absolute atomic E-state index is 2.60. The van der Waals surface area contributed by atoms with E-state index in [0.29, 0.717) is 3.46 Å². The molecule has 0 aromatic heterocycles. The van der Waals surface area contributed by atoms with Crippen LogP contribution in [0.15, 0.2) is 51.7 Å². The Morgan fingerprint density at radius 3 is 2.82 bits per heavy atom. The zero-order valence-electron chi connectivity index (χ0n) is 12.7. The van der Waals surface area contributed by atoms with Crippen LogP contribution in [0.25, 0.3) is 6.08 Å². The van der Waals surface area contributed by atoms with E-state index in [-0.39, 0.29) is 51.9 Å². The molecule has 1 aromatic rings. The van der Waals surface area contributed by atoms with E-state index >= 15 is 0 Å². The summed E-state index contributed by atoms with van der Waals surface area (Å²) in [5.74, 6) is 0. The van der Waals surface area contributed by atoms with Gasteiger partial charge in [0.25, 0.3) is 0 Å². The number of rotatable bonds is 3. The van der Waals surface area contributed by atoms with Gasteiger partial charge in [0, 0.05) is 0 Å². The van der Waals surface area contributed by atoms with Crippen molar-refractivity contribution in [1.29, 1.82) is 0 Å². The molecular weight excluding hydrogens is 366 g/mol. The predicted molar refractivity (Wildman–Crippen MR) is 84.6 cm³/mol. The van der Waals surface area contributed by atoms with Crippen molar-refractivity contribution in [2.24, 2.45) is 0 Å². The maximum atomic E-state index is 2.60. The number of fused-ring (bicyclic) bond motifs is 2. The molecule has 114 valence electrons. The summed E-state index contributed by atoms with van der Waals surface area (Å²) in [7, 11) is -0.00180. The predicted octanol–water partition coefficient (Wildman–Crippen LogP) is -0.576. The van der Waals surface area contributed by atoms with Crippen LogP contribution in [0, 0.1) is 0 Å². The molecular formula is C18H19Cl2PTi. The van der Waals surface area contributed by atoms with E-state index in [1.807, 2.05) is 3.88 Å². The number of halogens is 2. The minimum absolute atomic E-state index is 0. The van der Waals surface area contributed by atoms with Gasteiger partial charge < -0.3 is 24.8 Å². The van der Waals surface area contributed by atoms with Crippen LogP contribution < -0.4 is 24.8 Å². The van der Waals surface area contributed by atoms with E-state index in [1.165, 1.54) is 31.0 Å². The van der Waals surface area contributed by atoms with E-state index in [2.05, 4.69) is 55.5 Å². The summed E-state index contributed by atoms with van der Waals surface area (Å²) in [6.45, 7) is 2.33. The van der Waals surface area contributed by atoms with E-state index in [9.17, 15) is 0 Å². The van der Waals surface area contributed by atoms with Crippen LogP contribution in [-0.4, -0.2) is 6.16 Å². The molecule has 0 amide bonds. The first-order chi connectivity index (χ1) is 9.85. The molecule has 0 nitrogen and oxygen atoms in total. The summed E-state index contributed by atoms with van der Waals surface area (Å²) in [5, 5.41) is 1.79. The quantitative estimate of drug-likeness (QED) is 0.483. The third-order valence-corrected chi connectivity index (χ3v) is 12.1. The van der Waals surface area contributed by atoms with Crippen molar-refractivity contribution in [3.05, 3.63) is 62.8 Å². The molecule has 0 radical (unpaired) electrons. The van der Waals surface area contributed by atoms with Crippen molar-refractivity contribution >= 4 is 14.0 Å². The van der Waals surface area contributed by atoms with Gasteiger partial charge >= 0.3 is 132 Å². The van der Waals surface area contributed by atoms with Gasteiger partial charge in [-0.2, -0.15) is 0 Å². The van der Waals surface area contributed by atoms with Crippen LogP contribution in [0.3, 0.4) is 0 Å². The summed E-state index contributed by atoms with van der Waals surface area (Å²) in [6.07, 6.45) is 15.3. The average Bonchev–Trinajstić information content (AvgIpc) is 3.13. The summed E-state index contributed by atoms with van der Waals surface area (Å²) in [5.41, 5.74) is 3.15. The van der Waals surface area contributed by atoms with Crippen molar-refractivity contribution in [1.82, 2.24) is 0 Å². The van der Waals surface area contributed by atoms with Crippen LogP contribution >= 0.6 is 7.92 Å². The van der Waals surface area contributed by atoms with Gasteiger partial charge in [-0.25, -0.2) is 0 Å². The van der Waals surface area contributed by atoms with Crippen molar-refractivity contribution in [3.8, 4) is 0 Å². The molecule has 1 aromatic carbocycles. The normalized spacial score (nSPS) is 26.1. The summed E-state index contributed by atoms with van der Waals surface area (Å²) in [6, 6.07) is 9.14. The van der Waals surface area contributed by atoms with E-state index < -0.39 is 0 Å². The van der Waals surface area contributed by atoms with E-state index in [4.69, 9.17) is 0 Å². The Morgan fingerprint density at radius 2 is 2.00 bits per heavy atom. The van der Waals surface area contributed by atoms with Gasteiger partial charge in [0.2, 0.25) is 0 Å². The Morgan fingerprint density at radius 1 is 1.18 bits per heavy atom. The zero-order valence-corrected chi connectivity index (χ0v) is 16.6. The molecule has 3 aliphatic rings. The van der Waals surface area contributed by atoms with Crippen LogP contribution in [0.4, 0.5) is 0 Å². The largest absolute Gasteiger partial charge is 1.00 e. The van der Waals surface area contributed by atoms with Crippen LogP contribution in [0.5, 0.6) is 0 Å². The minimum Gasteiger partial charge on any atom is -1.00 e. The molecule has 1 spiro atoms. The van der Waals surface area contributed by atoms with Gasteiger partial charge in [0.15, 0.2) is 0 Å². The fourth-order valence-corrected chi connectivity index (χ4v) is 12.1. The Labute approximate surface area is 156 Å². The number of benzene rings is 1. The number of hydrogen-bond donors (Lipinski definition) is 0. The molecule has 2 atom stereocenters. The molecule has 2 aliphatic carbocycles. The molecule has 0 saturated heterocycles. The number of allylic oxidation sites excluding steroid dienone is 5. The van der Waals surface area contributed by atoms with Crippen LogP contribution in [0.2, 0.25) is 0 Å². The Bertz CT molecular complexity index is 650. The standard InChI is InChI=1S/C18H19P.2ClH.Ti/c1-2-3-14-19(16-9-5-6-10-16)18-13-12-15-8-4-7-11-17(15)18;;;/h4-5,7-9,11-13H,2-3,6,14H2,1H3;2*1H;/q;;;+2/p-2. The van der Waals surface area contributed by atoms with Gasteiger partial charge in [-0.15, -0.1) is 0 Å². The number of hydrogen-bond acceptors (Lipinski definition) is 0. The Balaban J connectivity index is 0.000000882. The molecule has 0 bridgehead atoms. The summed E-state index contributed by atoms with van der Waals surface area (Å²) < 4.78 is 2.32. The molecule has 0 fully saturated rings. The van der Waals surface area contributed by atoms with Gasteiger partial charge in [-0.3, -0.25) is 0 Å². The van der Waals surface area contributed by atoms with Crippen molar-refractivity contribution < 1.29 is 44.0 Å². The van der Waals surface area contributed by atoms with Gasteiger partial charge in [0.05, 0.1) is 0 Å². The SMILES string of the molecule is CCCCP1C2=[C](CC=C2)[Ti+2][C]12C=Cc1ccccc12.[Cl-].[Cl-]. The van der Waals surface area contributed by atoms with Crippen molar-refractivity contribution in [2.45, 2.75) is 29.6 Å². The summed E-state index contributed by atoms with van der Waals surface area (Å²) >= 11 is -0.0372. The molecule has 1 heterocycles. The molecule has 4 rings (SSSR count). The third-order valence-electron chi connectivity index (χ3n) is 4.58. The Kier molecular flexibility index (Phi) is 6.20. The van der Waals surface area contributed by atoms with Crippen LogP contribution in [0.1, 0.15) is 37.3 Å². The maximum Gasteiger partial charge on any atom is -1.00 e. The Hall–Kier alpha value is 0.164. The fraction of sp³-hybridized carbons (Fsp3) is 0.333. The van der Waals surface area contributed by atoms with Gasteiger partial charge in [-0.05, 0) is 0 Å². The molecule has 0 N–H and O–H groups in total. The molecule has 0 saturated carbocycles. The summed E-state index contributed by atoms with van der Waals surface area (Å²) in [4.78, 5) is 0. The fourth-order valence-electron chi connectivity index (χ4n) is 3.60. The first-order valence-corrected chi connectivity index (χ1v) is 10.7. The second-order valence-electron chi connectivity index (χ2n) is 5.79. The van der Waals surface area contributed by atoms with Crippen LogP contribution in [-0.2, 0) is 22.6 Å². The monoisotopic (exact) mass is 384 g/mol. The number of unbranched alkanes of at least 4 members (excludes halogenated alkanes) is 1. The topological polar surface area (TPSA) is 0 Å². The zero-order chi connectivity index (χ0) is 13.6. The molecule has 2 unspecified atom stereocenters. The van der Waals surface area contributed by atoms with Crippen molar-refractivity contribution in [3.63, 3.8) is 0 Å². The van der Waals surface area contributed by atoms with E-state index in [1.54, 1.807) is 10.9 Å². The van der Waals surface area contributed by atoms with Gasteiger partial charge in [0.1, 0.15) is 0 Å². The average molecular weight is 385 g/mol. The molecule has 1 aliphatic heterocycles. The third kappa shape index (κ3) is 2.72.